The molecule has 0 spiro atoms. The zero-order valence-electron chi connectivity index (χ0n) is 18.1. The molecule has 2 aromatic rings. The van der Waals surface area contributed by atoms with E-state index in [0.29, 0.717) is 10.8 Å². The summed E-state index contributed by atoms with van der Waals surface area (Å²) in [5.74, 6) is 0. The first-order chi connectivity index (χ1) is 11.2. The van der Waals surface area contributed by atoms with E-state index in [2.05, 4.69) is 118 Å². The van der Waals surface area contributed by atoms with Crippen molar-refractivity contribution in [1.82, 2.24) is 0 Å². The second kappa shape index (κ2) is 7.77. The molecule has 3 rings (SSSR count). The van der Waals surface area contributed by atoms with Gasteiger partial charge >= 0.3 is 0 Å². The Bertz CT molecular complexity index is 604. The van der Waals surface area contributed by atoms with Gasteiger partial charge in [0.2, 0.25) is 0 Å². The Morgan fingerprint density at radius 3 is 1.04 bits per heavy atom. The van der Waals surface area contributed by atoms with Gasteiger partial charge in [-0.1, -0.05) is 118 Å². The van der Waals surface area contributed by atoms with Gasteiger partial charge in [-0.15, -0.1) is 0 Å². The molecule has 0 saturated heterocycles. The van der Waals surface area contributed by atoms with Crippen LogP contribution in [0.5, 0.6) is 0 Å². The molecule has 0 heteroatoms. The molecular formula is C25H38. The maximum absolute atomic E-state index is 2.30. The highest BCUT2D eigenvalue weighted by Gasteiger charge is 2.34. The molecule has 0 nitrogen and oxygen atoms in total. The van der Waals surface area contributed by atoms with E-state index in [1.165, 1.54) is 22.3 Å². The summed E-state index contributed by atoms with van der Waals surface area (Å²) in [5, 5.41) is 0. The Morgan fingerprint density at radius 1 is 0.520 bits per heavy atom. The van der Waals surface area contributed by atoms with Crippen molar-refractivity contribution in [1.29, 1.82) is 0 Å². The van der Waals surface area contributed by atoms with E-state index in [0.717, 1.165) is 0 Å². The van der Waals surface area contributed by atoms with E-state index < -0.39 is 0 Å². The van der Waals surface area contributed by atoms with Gasteiger partial charge in [0.1, 0.15) is 0 Å². The first-order valence-corrected chi connectivity index (χ1v) is 9.40. The molecule has 0 unspecified atom stereocenters. The van der Waals surface area contributed by atoms with Crippen molar-refractivity contribution in [3.05, 3.63) is 59.7 Å². The summed E-state index contributed by atoms with van der Waals surface area (Å²) in [6.07, 6.45) is 0. The second-order valence-electron chi connectivity index (χ2n) is 10.7. The summed E-state index contributed by atoms with van der Waals surface area (Å²) in [4.78, 5) is 0. The van der Waals surface area contributed by atoms with Crippen LogP contribution in [-0.2, 0) is 5.41 Å². The average molecular weight is 339 g/mol. The topological polar surface area (TPSA) is 0 Å². The minimum Gasteiger partial charge on any atom is -0.0619 e. The fourth-order valence-corrected chi connectivity index (χ4v) is 2.67. The lowest BCUT2D eigenvalue weighted by Crippen LogP contribution is -2.14. The minimum absolute atomic E-state index is 0.160. The molecule has 0 radical (unpaired) electrons. The third-order valence-electron chi connectivity index (χ3n) is 3.49. The molecule has 0 saturated carbocycles. The van der Waals surface area contributed by atoms with Crippen molar-refractivity contribution in [2.75, 3.05) is 0 Å². The lowest BCUT2D eigenvalue weighted by molar-refractivity contribution is 0.469. The van der Waals surface area contributed by atoms with Crippen LogP contribution in [0.4, 0.5) is 0 Å². The fraction of sp³-hybridized carbons (Fsp3) is 0.520. The van der Waals surface area contributed by atoms with Gasteiger partial charge in [-0.05, 0) is 33.1 Å². The van der Waals surface area contributed by atoms with Gasteiger partial charge in [-0.2, -0.15) is 0 Å². The molecule has 138 valence electrons. The summed E-state index contributed by atoms with van der Waals surface area (Å²) < 4.78 is 0. The second-order valence-corrected chi connectivity index (χ2v) is 10.7. The van der Waals surface area contributed by atoms with E-state index >= 15 is 0 Å². The van der Waals surface area contributed by atoms with Gasteiger partial charge in [-0.3, -0.25) is 0 Å². The number of benzene rings is 2. The van der Waals surface area contributed by atoms with Gasteiger partial charge in [0.05, 0.1) is 0 Å². The Kier molecular flexibility index (Phi) is 6.68. The Hall–Kier alpha value is -1.56. The van der Waals surface area contributed by atoms with Crippen LogP contribution >= 0.6 is 0 Å². The molecule has 0 N–H and O–H groups in total. The normalized spacial score (nSPS) is 14.3. The van der Waals surface area contributed by atoms with E-state index in [9.17, 15) is 0 Å². The molecule has 0 atom stereocenters. The highest BCUT2D eigenvalue weighted by Crippen LogP contribution is 2.47. The van der Waals surface area contributed by atoms with Crippen LogP contribution in [-0.4, -0.2) is 0 Å². The monoisotopic (exact) mass is 338 g/mol. The molecule has 0 heterocycles. The summed E-state index contributed by atoms with van der Waals surface area (Å²) in [7, 11) is 0. The molecule has 25 heavy (non-hydrogen) atoms. The third-order valence-corrected chi connectivity index (χ3v) is 3.49. The van der Waals surface area contributed by atoms with Crippen LogP contribution in [0.2, 0.25) is 0 Å². The van der Waals surface area contributed by atoms with Crippen LogP contribution < -0.4 is 0 Å². The number of hydrogen-bond acceptors (Lipinski definition) is 0. The molecule has 0 aromatic heterocycles. The van der Waals surface area contributed by atoms with Crippen LogP contribution in [0.25, 0.3) is 11.1 Å². The predicted molar refractivity (Wildman–Crippen MR) is 114 cm³/mol. The van der Waals surface area contributed by atoms with E-state index in [1.54, 1.807) is 0 Å². The first-order valence-electron chi connectivity index (χ1n) is 9.40. The van der Waals surface area contributed by atoms with Gasteiger partial charge in [0.25, 0.3) is 0 Å². The Labute approximate surface area is 156 Å². The summed E-state index contributed by atoms with van der Waals surface area (Å²) in [6.45, 7) is 22.1. The van der Waals surface area contributed by atoms with E-state index in [-0.39, 0.29) is 5.41 Å². The average Bonchev–Trinajstić information content (AvgIpc) is 2.66. The van der Waals surface area contributed by atoms with Crippen LogP contribution in [0.1, 0.15) is 80.4 Å². The summed E-state index contributed by atoms with van der Waals surface area (Å²) >= 11 is 0. The van der Waals surface area contributed by atoms with Crippen molar-refractivity contribution in [3.8, 4) is 11.1 Å². The standard InChI is InChI=1S/C15H14.2C5H12/c1-15(2)13-9-5-3-7-11(13)12-8-4-6-10-14(12)15;2*1-5(2,3)4/h3-10H,1-2H3;2*1-4H3. The van der Waals surface area contributed by atoms with Crippen LogP contribution in [0.15, 0.2) is 48.5 Å². The molecule has 0 bridgehead atoms. The zero-order chi connectivity index (χ0) is 19.5. The summed E-state index contributed by atoms with van der Waals surface area (Å²) in [5.41, 5.74) is 6.86. The van der Waals surface area contributed by atoms with Crippen molar-refractivity contribution < 1.29 is 0 Å². The molecular weight excluding hydrogens is 300 g/mol. The smallest absolute Gasteiger partial charge is 0.0158 e. The molecule has 2 aromatic carbocycles. The molecule has 0 amide bonds. The van der Waals surface area contributed by atoms with Gasteiger partial charge in [0, 0.05) is 5.41 Å². The maximum Gasteiger partial charge on any atom is 0.0158 e. The lowest BCUT2D eigenvalue weighted by Gasteiger charge is -2.20. The Balaban J connectivity index is 0.000000262. The highest BCUT2D eigenvalue weighted by molar-refractivity contribution is 5.80. The van der Waals surface area contributed by atoms with Crippen LogP contribution in [0, 0.1) is 10.8 Å². The fourth-order valence-electron chi connectivity index (χ4n) is 2.67. The molecule has 0 aliphatic heterocycles. The number of rotatable bonds is 0. The minimum atomic E-state index is 0.160. The SMILES string of the molecule is CC(C)(C)C.CC(C)(C)C.CC1(C)c2ccccc2-c2ccccc21. The third kappa shape index (κ3) is 7.06. The largest absolute Gasteiger partial charge is 0.0619 e. The van der Waals surface area contributed by atoms with Crippen molar-refractivity contribution in [2.24, 2.45) is 10.8 Å². The maximum atomic E-state index is 2.30. The van der Waals surface area contributed by atoms with Crippen molar-refractivity contribution >= 4 is 0 Å². The van der Waals surface area contributed by atoms with Crippen molar-refractivity contribution in [3.63, 3.8) is 0 Å². The summed E-state index contributed by atoms with van der Waals surface area (Å²) in [6, 6.07) is 17.4. The lowest BCUT2D eigenvalue weighted by atomic mass is 9.82. The first kappa shape index (κ1) is 21.5. The highest BCUT2D eigenvalue weighted by atomic mass is 14.4. The van der Waals surface area contributed by atoms with Crippen LogP contribution in [0.3, 0.4) is 0 Å². The Morgan fingerprint density at radius 2 is 0.760 bits per heavy atom. The quantitative estimate of drug-likeness (QED) is 0.455. The molecule has 1 aliphatic rings. The predicted octanol–water partition coefficient (Wildman–Crippen LogP) is 8.10. The molecule has 0 fully saturated rings. The molecule has 1 aliphatic carbocycles. The number of fused-ring (bicyclic) bond motifs is 3. The van der Waals surface area contributed by atoms with Gasteiger partial charge < -0.3 is 0 Å². The van der Waals surface area contributed by atoms with E-state index in [4.69, 9.17) is 0 Å². The van der Waals surface area contributed by atoms with Gasteiger partial charge in [0.15, 0.2) is 0 Å². The van der Waals surface area contributed by atoms with Crippen molar-refractivity contribution in [2.45, 2.75) is 74.7 Å². The van der Waals surface area contributed by atoms with Gasteiger partial charge in [-0.25, -0.2) is 0 Å². The zero-order valence-corrected chi connectivity index (χ0v) is 18.1. The van der Waals surface area contributed by atoms with E-state index in [1.807, 2.05) is 0 Å². The number of hydrogen-bond donors (Lipinski definition) is 0.